The van der Waals surface area contributed by atoms with Crippen molar-refractivity contribution in [2.75, 3.05) is 11.9 Å². The number of benzene rings is 2. The van der Waals surface area contributed by atoms with Crippen molar-refractivity contribution >= 4 is 23.1 Å². The van der Waals surface area contributed by atoms with Crippen molar-refractivity contribution in [3.8, 4) is 0 Å². The highest BCUT2D eigenvalue weighted by Gasteiger charge is 2.33. The van der Waals surface area contributed by atoms with Gasteiger partial charge in [-0.05, 0) is 26.0 Å². The number of ether oxygens (including phenoxy) is 1. The van der Waals surface area contributed by atoms with Gasteiger partial charge in [-0.3, -0.25) is 19.7 Å². The number of nitrogens with one attached hydrogen (secondary N) is 1. The number of aryl methyl sites for hydroxylation is 1. The Bertz CT molecular complexity index is 926. The third-order valence-electron chi connectivity index (χ3n) is 3.96. The molecule has 0 amide bonds. The van der Waals surface area contributed by atoms with Crippen LogP contribution in [0.1, 0.15) is 28.4 Å². The second kappa shape index (κ2) is 8.72. The highest BCUT2D eigenvalue weighted by molar-refractivity contribution is 6.00. The number of hydrogen-bond donors (Lipinski definition) is 1. The van der Waals surface area contributed by atoms with Gasteiger partial charge < -0.3 is 10.1 Å². The minimum Gasteiger partial charge on any atom is -0.453 e. The fourth-order valence-corrected chi connectivity index (χ4v) is 2.42. The molecular weight excluding hydrogens is 393 g/mol. The largest absolute Gasteiger partial charge is 0.453 e. The van der Waals surface area contributed by atoms with Crippen LogP contribution in [0.25, 0.3) is 0 Å². The van der Waals surface area contributed by atoms with E-state index < -0.39 is 46.8 Å². The number of halogens is 3. The lowest BCUT2D eigenvalue weighted by atomic mass is 10.1. The summed E-state index contributed by atoms with van der Waals surface area (Å²) in [6, 6.07) is 8.52. The molecule has 10 heteroatoms. The fraction of sp³-hybridized carbons (Fsp3) is 0.263. The van der Waals surface area contributed by atoms with E-state index in [1.807, 2.05) is 6.92 Å². The van der Waals surface area contributed by atoms with Crippen LogP contribution < -0.4 is 5.32 Å². The Kier molecular flexibility index (Phi) is 6.57. The Morgan fingerprint density at radius 3 is 2.34 bits per heavy atom. The van der Waals surface area contributed by atoms with Crippen LogP contribution in [0.3, 0.4) is 0 Å². The maximum atomic E-state index is 12.7. The molecule has 2 rings (SSSR count). The van der Waals surface area contributed by atoms with Gasteiger partial charge in [-0.25, -0.2) is 0 Å². The smallest absolute Gasteiger partial charge is 0.416 e. The topological polar surface area (TPSA) is 98.5 Å². The number of carbonyl (C=O) groups excluding carboxylic acids is 2. The number of carbonyl (C=O) groups is 2. The van der Waals surface area contributed by atoms with Gasteiger partial charge in [0.2, 0.25) is 5.78 Å². The fourth-order valence-electron chi connectivity index (χ4n) is 2.42. The Balaban J connectivity index is 2.02. The average Bonchev–Trinajstić information content (AvgIpc) is 2.65. The van der Waals surface area contributed by atoms with Crippen molar-refractivity contribution < 1.29 is 32.4 Å². The summed E-state index contributed by atoms with van der Waals surface area (Å²) in [7, 11) is 0. The van der Waals surface area contributed by atoms with Crippen molar-refractivity contribution in [2.24, 2.45) is 0 Å². The normalized spacial score (nSPS) is 12.2. The Hall–Kier alpha value is -3.43. The van der Waals surface area contributed by atoms with Gasteiger partial charge in [0.1, 0.15) is 12.2 Å². The second-order valence-electron chi connectivity index (χ2n) is 6.20. The van der Waals surface area contributed by atoms with Crippen LogP contribution in [0.4, 0.5) is 24.5 Å². The molecule has 0 fully saturated rings. The molecule has 0 aromatic heterocycles. The van der Waals surface area contributed by atoms with Crippen LogP contribution in [-0.4, -0.2) is 29.3 Å². The lowest BCUT2D eigenvalue weighted by Gasteiger charge is -2.14. The maximum Gasteiger partial charge on any atom is 0.416 e. The zero-order chi connectivity index (χ0) is 21.8. The first-order valence-electron chi connectivity index (χ1n) is 8.39. The zero-order valence-corrected chi connectivity index (χ0v) is 15.4. The average molecular weight is 410 g/mol. The molecule has 2 aromatic rings. The maximum absolute atomic E-state index is 12.7. The number of Topliss-reactive ketones (excluding diaryl/α,β-unsaturated/α-hetero) is 1. The minimum atomic E-state index is -4.74. The number of ketones is 1. The summed E-state index contributed by atoms with van der Waals surface area (Å²) in [5.74, 6) is -1.33. The van der Waals surface area contributed by atoms with Gasteiger partial charge in [0.15, 0.2) is 6.10 Å². The second-order valence-corrected chi connectivity index (χ2v) is 6.20. The molecule has 0 aliphatic carbocycles. The van der Waals surface area contributed by atoms with Crippen molar-refractivity contribution in [1.82, 2.24) is 0 Å². The molecule has 0 unspecified atom stereocenters. The SMILES string of the molecule is Cc1ccc(C(=O)[C@@H](C)OC(=O)CNc2ccc(C(F)(F)F)cc2[N+](=O)[O-])cc1. The molecule has 1 atom stereocenters. The third-order valence-corrected chi connectivity index (χ3v) is 3.96. The van der Waals surface area contributed by atoms with Gasteiger partial charge in [-0.1, -0.05) is 29.8 Å². The van der Waals surface area contributed by atoms with Crippen LogP contribution in [-0.2, 0) is 15.7 Å². The van der Waals surface area contributed by atoms with Crippen molar-refractivity contribution in [3.63, 3.8) is 0 Å². The summed E-state index contributed by atoms with van der Waals surface area (Å²) in [5, 5.41) is 13.4. The highest BCUT2D eigenvalue weighted by Crippen LogP contribution is 2.34. The van der Waals surface area contributed by atoms with Gasteiger partial charge in [0.05, 0.1) is 10.5 Å². The molecule has 29 heavy (non-hydrogen) atoms. The molecule has 0 aliphatic rings. The molecule has 0 heterocycles. The molecule has 0 bridgehead atoms. The van der Waals surface area contributed by atoms with Crippen molar-refractivity contribution in [3.05, 3.63) is 69.3 Å². The van der Waals surface area contributed by atoms with Gasteiger partial charge in [-0.2, -0.15) is 13.2 Å². The number of hydrogen-bond acceptors (Lipinski definition) is 6. The molecule has 0 saturated heterocycles. The summed E-state index contributed by atoms with van der Waals surface area (Å²) < 4.78 is 43.1. The lowest BCUT2D eigenvalue weighted by molar-refractivity contribution is -0.384. The third kappa shape index (κ3) is 5.77. The summed E-state index contributed by atoms with van der Waals surface area (Å²) in [6.07, 6.45) is -5.84. The van der Waals surface area contributed by atoms with E-state index >= 15 is 0 Å². The molecule has 0 aliphatic heterocycles. The Morgan fingerprint density at radius 1 is 1.17 bits per heavy atom. The predicted molar refractivity (Wildman–Crippen MR) is 97.7 cm³/mol. The Morgan fingerprint density at radius 2 is 1.79 bits per heavy atom. The molecule has 7 nitrogen and oxygen atoms in total. The summed E-state index contributed by atoms with van der Waals surface area (Å²) >= 11 is 0. The molecule has 2 aromatic carbocycles. The van der Waals surface area contributed by atoms with E-state index in [9.17, 15) is 32.9 Å². The first-order valence-corrected chi connectivity index (χ1v) is 8.39. The Labute approximate surface area is 163 Å². The van der Waals surface area contributed by atoms with Crippen LogP contribution in [0.15, 0.2) is 42.5 Å². The van der Waals surface area contributed by atoms with E-state index in [4.69, 9.17) is 4.74 Å². The quantitative estimate of drug-likeness (QED) is 0.319. The predicted octanol–water partition coefficient (Wildman–Crippen LogP) is 4.15. The number of alkyl halides is 3. The standard InChI is InChI=1S/C19H17F3N2O5/c1-11-3-5-13(6-4-11)18(26)12(2)29-17(25)10-23-15-8-7-14(19(20,21)22)9-16(15)24(27)28/h3-9,12,23H,10H2,1-2H3/t12-/m1/s1. The molecule has 0 spiro atoms. The van der Waals surface area contributed by atoms with E-state index in [-0.39, 0.29) is 5.69 Å². The van der Waals surface area contributed by atoms with Crippen molar-refractivity contribution in [1.29, 1.82) is 0 Å². The van der Waals surface area contributed by atoms with E-state index in [0.717, 1.165) is 11.6 Å². The van der Waals surface area contributed by atoms with E-state index in [1.165, 1.54) is 6.92 Å². The van der Waals surface area contributed by atoms with E-state index in [1.54, 1.807) is 24.3 Å². The van der Waals surface area contributed by atoms with Crippen LogP contribution in [0.2, 0.25) is 0 Å². The number of esters is 1. The van der Waals surface area contributed by atoms with E-state index in [2.05, 4.69) is 5.32 Å². The number of nitro benzene ring substituents is 1. The first-order chi connectivity index (χ1) is 13.5. The van der Waals surface area contributed by atoms with Gasteiger partial charge in [0, 0.05) is 11.6 Å². The number of anilines is 1. The molecule has 1 N–H and O–H groups in total. The van der Waals surface area contributed by atoms with Gasteiger partial charge in [-0.15, -0.1) is 0 Å². The number of nitro groups is 1. The lowest BCUT2D eigenvalue weighted by Crippen LogP contribution is -2.28. The van der Waals surface area contributed by atoms with Gasteiger partial charge >= 0.3 is 12.1 Å². The molecule has 0 saturated carbocycles. The summed E-state index contributed by atoms with van der Waals surface area (Å²) in [4.78, 5) is 34.2. The van der Waals surface area contributed by atoms with Gasteiger partial charge in [0.25, 0.3) is 5.69 Å². The first kappa shape index (κ1) is 21.9. The number of nitrogens with zero attached hydrogens (tertiary/aromatic N) is 1. The monoisotopic (exact) mass is 410 g/mol. The molecular formula is C19H17F3N2O5. The zero-order valence-electron chi connectivity index (χ0n) is 15.4. The summed E-state index contributed by atoms with van der Waals surface area (Å²) in [5.41, 5.74) is -1.00. The number of rotatable bonds is 7. The molecule has 154 valence electrons. The molecule has 0 radical (unpaired) electrons. The van der Waals surface area contributed by atoms with Crippen LogP contribution in [0.5, 0.6) is 0 Å². The van der Waals surface area contributed by atoms with Crippen LogP contribution in [0, 0.1) is 17.0 Å². The summed E-state index contributed by atoms with van der Waals surface area (Å²) in [6.45, 7) is 2.65. The highest BCUT2D eigenvalue weighted by atomic mass is 19.4. The van der Waals surface area contributed by atoms with Crippen molar-refractivity contribution in [2.45, 2.75) is 26.1 Å². The minimum absolute atomic E-state index is 0.280. The van der Waals surface area contributed by atoms with E-state index in [0.29, 0.717) is 17.7 Å². The van der Waals surface area contributed by atoms with Crippen LogP contribution >= 0.6 is 0 Å².